The van der Waals surface area contributed by atoms with Crippen molar-refractivity contribution in [3.05, 3.63) is 61.8 Å². The number of aryl methyl sites for hydroxylation is 1. The van der Waals surface area contributed by atoms with E-state index in [1.807, 2.05) is 0 Å². The van der Waals surface area contributed by atoms with E-state index < -0.39 is 34.3 Å². The first-order valence-electron chi connectivity index (χ1n) is 8.33. The predicted molar refractivity (Wildman–Crippen MR) is 102 cm³/mol. The maximum absolute atomic E-state index is 14.0. The number of nitrogens with one attached hydrogen (secondary N) is 2. The van der Waals surface area contributed by atoms with Gasteiger partial charge in [-0.05, 0) is 32.4 Å². The molecule has 0 saturated carbocycles. The Morgan fingerprint density at radius 3 is 2.64 bits per heavy atom. The number of hydrogen-bond donors (Lipinski definition) is 2. The van der Waals surface area contributed by atoms with E-state index in [1.165, 1.54) is 0 Å². The molecule has 0 aliphatic rings. The van der Waals surface area contributed by atoms with Crippen LogP contribution in [0.25, 0.3) is 10.9 Å². The minimum absolute atomic E-state index is 0.0610. The molecule has 0 fully saturated rings. The smallest absolute Gasteiger partial charge is 0.341 e. The summed E-state index contributed by atoms with van der Waals surface area (Å²) in [4.78, 5) is 40.8. The fourth-order valence-corrected chi connectivity index (χ4v) is 3.82. The van der Waals surface area contributed by atoms with Crippen LogP contribution in [0.5, 0.6) is 0 Å². The molecule has 1 amide bonds. The van der Waals surface area contributed by atoms with Gasteiger partial charge in [-0.2, -0.15) is 0 Å². The Balaban J connectivity index is 2.03. The van der Waals surface area contributed by atoms with Crippen molar-refractivity contribution in [1.82, 2.24) is 4.98 Å². The van der Waals surface area contributed by atoms with Crippen LogP contribution < -0.4 is 10.7 Å². The number of rotatable bonds is 4. The Labute approximate surface area is 162 Å². The third kappa shape index (κ3) is 3.40. The Bertz CT molecular complexity index is 1170. The van der Waals surface area contributed by atoms with Gasteiger partial charge in [-0.3, -0.25) is 9.59 Å². The van der Waals surface area contributed by atoms with Crippen LogP contribution in [0.15, 0.2) is 23.1 Å². The molecule has 2 heterocycles. The van der Waals surface area contributed by atoms with Crippen LogP contribution in [0.3, 0.4) is 0 Å². The summed E-state index contributed by atoms with van der Waals surface area (Å²) in [7, 11) is 0. The molecule has 9 heteroatoms. The first-order chi connectivity index (χ1) is 13.2. The standard InChI is InChI=1S/C19H16F2N2O4S/c1-4-27-19(26)14-8(2)9(3)28-18(14)23-17(25)11-7-22-13-6-10(20)5-12(21)15(13)16(11)24/h5-7H,4H2,1-3H3,(H,22,24)(H,23,25). The molecule has 0 bridgehead atoms. The minimum Gasteiger partial charge on any atom is -0.462 e. The van der Waals surface area contributed by atoms with Gasteiger partial charge in [0.15, 0.2) is 0 Å². The lowest BCUT2D eigenvalue weighted by molar-refractivity contribution is 0.0527. The van der Waals surface area contributed by atoms with Gasteiger partial charge in [0.25, 0.3) is 5.91 Å². The van der Waals surface area contributed by atoms with Crippen molar-refractivity contribution in [2.24, 2.45) is 0 Å². The van der Waals surface area contributed by atoms with Gasteiger partial charge >= 0.3 is 5.97 Å². The Morgan fingerprint density at radius 2 is 1.96 bits per heavy atom. The predicted octanol–water partition coefficient (Wildman–Crippen LogP) is 3.91. The van der Waals surface area contributed by atoms with Crippen LogP contribution in [0.1, 0.15) is 38.1 Å². The van der Waals surface area contributed by atoms with Crippen molar-refractivity contribution in [2.45, 2.75) is 20.8 Å². The Kier molecular flexibility index (Phi) is 5.28. The van der Waals surface area contributed by atoms with Gasteiger partial charge in [-0.25, -0.2) is 13.6 Å². The van der Waals surface area contributed by atoms with E-state index in [4.69, 9.17) is 4.74 Å². The lowest BCUT2D eigenvalue weighted by Crippen LogP contribution is -2.23. The minimum atomic E-state index is -1.07. The van der Waals surface area contributed by atoms with Gasteiger partial charge in [0.05, 0.1) is 23.1 Å². The van der Waals surface area contributed by atoms with Crippen LogP contribution in [-0.4, -0.2) is 23.5 Å². The highest BCUT2D eigenvalue weighted by molar-refractivity contribution is 7.16. The number of amides is 1. The molecule has 146 valence electrons. The highest BCUT2D eigenvalue weighted by Crippen LogP contribution is 2.33. The summed E-state index contributed by atoms with van der Waals surface area (Å²) < 4.78 is 32.4. The molecule has 0 aliphatic carbocycles. The molecule has 0 atom stereocenters. The number of H-pyrrole nitrogens is 1. The number of benzene rings is 1. The molecule has 6 nitrogen and oxygen atoms in total. The number of hydrogen-bond acceptors (Lipinski definition) is 5. The number of esters is 1. The van der Waals surface area contributed by atoms with E-state index in [9.17, 15) is 23.2 Å². The quantitative estimate of drug-likeness (QED) is 0.643. The number of thiophene rings is 1. The zero-order valence-electron chi connectivity index (χ0n) is 15.2. The average molecular weight is 406 g/mol. The van der Waals surface area contributed by atoms with Gasteiger partial charge in [0.2, 0.25) is 5.43 Å². The number of anilines is 1. The number of carbonyl (C=O) groups excluding carboxylic acids is 2. The van der Waals surface area contributed by atoms with E-state index in [2.05, 4.69) is 10.3 Å². The lowest BCUT2D eigenvalue weighted by Gasteiger charge is -2.08. The van der Waals surface area contributed by atoms with Crippen LogP contribution >= 0.6 is 11.3 Å². The van der Waals surface area contributed by atoms with E-state index in [0.717, 1.165) is 28.5 Å². The molecule has 0 spiro atoms. The Hall–Kier alpha value is -3.07. The summed E-state index contributed by atoms with van der Waals surface area (Å²) in [5.74, 6) is -3.32. The molecule has 28 heavy (non-hydrogen) atoms. The number of pyridine rings is 1. The van der Waals surface area contributed by atoms with Crippen LogP contribution in [-0.2, 0) is 4.74 Å². The second-order valence-electron chi connectivity index (χ2n) is 6.00. The second-order valence-corrected chi connectivity index (χ2v) is 7.23. The van der Waals surface area contributed by atoms with Gasteiger partial charge in [0.1, 0.15) is 22.2 Å². The largest absolute Gasteiger partial charge is 0.462 e. The number of aromatic nitrogens is 1. The van der Waals surface area contributed by atoms with Crippen molar-refractivity contribution in [2.75, 3.05) is 11.9 Å². The molecule has 3 aromatic rings. The maximum atomic E-state index is 14.0. The molecule has 0 saturated heterocycles. The third-order valence-corrected chi connectivity index (χ3v) is 5.36. The molecule has 1 aromatic carbocycles. The van der Waals surface area contributed by atoms with Crippen molar-refractivity contribution < 1.29 is 23.1 Å². The van der Waals surface area contributed by atoms with Gasteiger partial charge in [-0.1, -0.05) is 0 Å². The molecule has 3 rings (SSSR count). The average Bonchev–Trinajstić information content (AvgIpc) is 2.88. The SMILES string of the molecule is CCOC(=O)c1c(NC(=O)c2c[nH]c3cc(F)cc(F)c3c2=O)sc(C)c1C. The normalized spacial score (nSPS) is 10.9. The zero-order chi connectivity index (χ0) is 20.6. The zero-order valence-corrected chi connectivity index (χ0v) is 16.1. The summed E-state index contributed by atoms with van der Waals surface area (Å²) in [5.41, 5.74) is -0.437. The second kappa shape index (κ2) is 7.51. The van der Waals surface area contributed by atoms with Crippen molar-refractivity contribution in [3.63, 3.8) is 0 Å². The van der Waals surface area contributed by atoms with Crippen LogP contribution in [0, 0.1) is 25.5 Å². The fourth-order valence-electron chi connectivity index (χ4n) is 2.77. The van der Waals surface area contributed by atoms with Crippen molar-refractivity contribution in [1.29, 1.82) is 0 Å². The van der Waals surface area contributed by atoms with Crippen LogP contribution in [0.4, 0.5) is 13.8 Å². The summed E-state index contributed by atoms with van der Waals surface area (Å²) >= 11 is 1.16. The molecule has 0 aliphatic heterocycles. The third-order valence-electron chi connectivity index (χ3n) is 4.24. The summed E-state index contributed by atoms with van der Waals surface area (Å²) in [6.45, 7) is 5.34. The maximum Gasteiger partial charge on any atom is 0.341 e. The van der Waals surface area contributed by atoms with Gasteiger partial charge in [-0.15, -0.1) is 11.3 Å². The fraction of sp³-hybridized carbons (Fsp3) is 0.211. The van der Waals surface area contributed by atoms with Gasteiger partial charge < -0.3 is 15.0 Å². The van der Waals surface area contributed by atoms with E-state index in [1.54, 1.807) is 20.8 Å². The highest BCUT2D eigenvalue weighted by atomic mass is 32.1. The molecular formula is C19H16F2N2O4S. The summed E-state index contributed by atoms with van der Waals surface area (Å²) in [6.07, 6.45) is 1.08. The summed E-state index contributed by atoms with van der Waals surface area (Å²) in [5, 5.41) is 2.34. The topological polar surface area (TPSA) is 88.3 Å². The van der Waals surface area contributed by atoms with E-state index in [0.29, 0.717) is 11.6 Å². The summed E-state index contributed by atoms with van der Waals surface area (Å²) in [6, 6.07) is 1.54. The van der Waals surface area contributed by atoms with Crippen LogP contribution in [0.2, 0.25) is 0 Å². The lowest BCUT2D eigenvalue weighted by atomic mass is 10.1. The number of aromatic amines is 1. The number of carbonyl (C=O) groups is 2. The molecule has 0 radical (unpaired) electrons. The van der Waals surface area contributed by atoms with Gasteiger partial charge in [0, 0.05) is 17.1 Å². The van der Waals surface area contributed by atoms with Crippen molar-refractivity contribution >= 4 is 39.1 Å². The Morgan fingerprint density at radius 1 is 1.25 bits per heavy atom. The highest BCUT2D eigenvalue weighted by Gasteiger charge is 2.24. The molecule has 2 N–H and O–H groups in total. The number of fused-ring (bicyclic) bond motifs is 1. The molecular weight excluding hydrogens is 390 g/mol. The van der Waals surface area contributed by atoms with E-state index >= 15 is 0 Å². The number of halogens is 2. The van der Waals surface area contributed by atoms with Crippen molar-refractivity contribution in [3.8, 4) is 0 Å². The monoisotopic (exact) mass is 406 g/mol. The number of ether oxygens (including phenoxy) is 1. The van der Waals surface area contributed by atoms with E-state index in [-0.39, 0.29) is 28.3 Å². The molecule has 0 unspecified atom stereocenters. The molecule has 2 aromatic heterocycles. The first kappa shape index (κ1) is 19.7. The first-order valence-corrected chi connectivity index (χ1v) is 9.15.